The first kappa shape index (κ1) is 14.6. The summed E-state index contributed by atoms with van der Waals surface area (Å²) in [5, 5.41) is 0. The van der Waals surface area contributed by atoms with Crippen molar-refractivity contribution in [2.75, 3.05) is 0 Å². The third-order valence-electron chi connectivity index (χ3n) is 2.75. The summed E-state index contributed by atoms with van der Waals surface area (Å²) in [6.45, 7) is 0. The van der Waals surface area contributed by atoms with Crippen molar-refractivity contribution in [3.05, 3.63) is 71.3 Å². The van der Waals surface area contributed by atoms with Crippen LogP contribution in [0.15, 0.2) is 48.5 Å². The number of hydrogen-bond acceptors (Lipinski definition) is 3. The van der Waals surface area contributed by atoms with Gasteiger partial charge in [0.1, 0.15) is 17.2 Å². The second-order valence-corrected chi connectivity index (χ2v) is 4.20. The van der Waals surface area contributed by atoms with Crippen LogP contribution >= 0.6 is 0 Å². The van der Waals surface area contributed by atoms with Gasteiger partial charge in [0, 0.05) is 5.56 Å². The Kier molecular flexibility index (Phi) is 4.27. The molecule has 0 aliphatic heterocycles. The van der Waals surface area contributed by atoms with Crippen molar-refractivity contribution in [2.45, 2.75) is 6.10 Å². The maximum atomic E-state index is 13.5. The first-order valence-corrected chi connectivity index (χ1v) is 6.00. The van der Waals surface area contributed by atoms with Crippen LogP contribution in [0.4, 0.5) is 8.78 Å². The molecule has 1 amide bonds. The van der Waals surface area contributed by atoms with Crippen molar-refractivity contribution in [3.8, 4) is 0 Å². The van der Waals surface area contributed by atoms with E-state index in [0.717, 1.165) is 18.2 Å². The second-order valence-electron chi connectivity index (χ2n) is 4.20. The predicted molar refractivity (Wildman–Crippen MR) is 70.2 cm³/mol. The Hall–Kier alpha value is -2.76. The normalized spacial score (nSPS) is 11.7. The molecule has 2 aromatic rings. The zero-order valence-corrected chi connectivity index (χ0v) is 10.8. The number of hydrogen-bond donors (Lipinski definition) is 1. The summed E-state index contributed by atoms with van der Waals surface area (Å²) in [6.07, 6.45) is -1.42. The van der Waals surface area contributed by atoms with Gasteiger partial charge in [-0.15, -0.1) is 0 Å². The van der Waals surface area contributed by atoms with Crippen LogP contribution in [0.5, 0.6) is 0 Å². The van der Waals surface area contributed by atoms with E-state index in [1.54, 1.807) is 18.2 Å². The first-order valence-electron chi connectivity index (χ1n) is 6.00. The monoisotopic (exact) mass is 291 g/mol. The van der Waals surface area contributed by atoms with E-state index in [-0.39, 0.29) is 0 Å². The minimum atomic E-state index is -1.42. The topological polar surface area (TPSA) is 69.4 Å². The molecule has 0 radical (unpaired) electrons. The molecule has 2 aromatic carbocycles. The number of rotatable bonds is 4. The zero-order chi connectivity index (χ0) is 15.4. The van der Waals surface area contributed by atoms with Gasteiger partial charge in [0.15, 0.2) is 0 Å². The number of primary amides is 1. The molecule has 0 saturated carbocycles. The number of amides is 1. The largest absolute Gasteiger partial charge is 0.444 e. The molecule has 0 aliphatic carbocycles. The van der Waals surface area contributed by atoms with Gasteiger partial charge in [-0.25, -0.2) is 13.6 Å². The van der Waals surface area contributed by atoms with Gasteiger partial charge in [-0.3, -0.25) is 4.79 Å². The maximum absolute atomic E-state index is 13.5. The Morgan fingerprint density at radius 1 is 0.952 bits per heavy atom. The van der Waals surface area contributed by atoms with Gasteiger partial charge in [-0.05, 0) is 12.1 Å². The fourth-order valence-corrected chi connectivity index (χ4v) is 1.78. The van der Waals surface area contributed by atoms with E-state index in [9.17, 15) is 18.4 Å². The molecule has 1 unspecified atom stereocenters. The second kappa shape index (κ2) is 6.13. The van der Waals surface area contributed by atoms with Crippen molar-refractivity contribution >= 4 is 11.9 Å². The van der Waals surface area contributed by atoms with Gasteiger partial charge in [-0.1, -0.05) is 36.4 Å². The molecule has 108 valence electrons. The average molecular weight is 291 g/mol. The lowest BCUT2D eigenvalue weighted by atomic mass is 10.1. The molecule has 0 aliphatic rings. The molecular weight excluding hydrogens is 280 g/mol. The fraction of sp³-hybridized carbons (Fsp3) is 0.0667. The molecule has 21 heavy (non-hydrogen) atoms. The Bertz CT molecular complexity index is 654. The van der Waals surface area contributed by atoms with Crippen LogP contribution in [0, 0.1) is 11.6 Å². The van der Waals surface area contributed by atoms with Crippen LogP contribution in [0.1, 0.15) is 22.0 Å². The molecule has 0 spiro atoms. The molecule has 6 heteroatoms. The minimum absolute atomic E-state index is 0.315. The number of carbonyl (C=O) groups is 2. The summed E-state index contributed by atoms with van der Waals surface area (Å²) in [5.74, 6) is -4.38. The summed E-state index contributed by atoms with van der Waals surface area (Å²) >= 11 is 0. The number of ether oxygens (including phenoxy) is 1. The Labute approximate surface area is 119 Å². The van der Waals surface area contributed by atoms with Crippen molar-refractivity contribution < 1.29 is 23.1 Å². The van der Waals surface area contributed by atoms with E-state index >= 15 is 0 Å². The lowest BCUT2D eigenvalue weighted by Gasteiger charge is -2.15. The van der Waals surface area contributed by atoms with Gasteiger partial charge in [0.05, 0.1) is 0 Å². The molecule has 0 saturated heterocycles. The minimum Gasteiger partial charge on any atom is -0.444 e. The van der Waals surface area contributed by atoms with Crippen LogP contribution in [0.3, 0.4) is 0 Å². The highest BCUT2D eigenvalue weighted by atomic mass is 19.1. The van der Waals surface area contributed by atoms with E-state index in [1.807, 2.05) is 0 Å². The zero-order valence-electron chi connectivity index (χ0n) is 10.8. The van der Waals surface area contributed by atoms with E-state index in [0.29, 0.717) is 5.56 Å². The molecule has 2 rings (SSSR count). The van der Waals surface area contributed by atoms with Crippen LogP contribution in [0.25, 0.3) is 0 Å². The van der Waals surface area contributed by atoms with Gasteiger partial charge in [0.2, 0.25) is 6.10 Å². The fourth-order valence-electron chi connectivity index (χ4n) is 1.78. The van der Waals surface area contributed by atoms with Gasteiger partial charge < -0.3 is 10.5 Å². The number of carbonyl (C=O) groups excluding carboxylic acids is 2. The molecule has 0 fully saturated rings. The number of halogens is 2. The highest BCUT2D eigenvalue weighted by molar-refractivity contribution is 5.92. The lowest BCUT2D eigenvalue weighted by molar-refractivity contribution is -0.127. The van der Waals surface area contributed by atoms with Gasteiger partial charge in [0.25, 0.3) is 5.91 Å². The van der Waals surface area contributed by atoms with E-state index in [2.05, 4.69) is 0 Å². The van der Waals surface area contributed by atoms with Crippen molar-refractivity contribution in [1.29, 1.82) is 0 Å². The Morgan fingerprint density at radius 3 is 2.05 bits per heavy atom. The molecule has 1 atom stereocenters. The summed E-state index contributed by atoms with van der Waals surface area (Å²) in [5.41, 5.74) is 4.62. The SMILES string of the molecule is NC(=O)C(OC(=O)c1c(F)cccc1F)c1ccccc1. The van der Waals surface area contributed by atoms with Crippen molar-refractivity contribution in [3.63, 3.8) is 0 Å². The summed E-state index contributed by atoms with van der Waals surface area (Å²) in [6, 6.07) is 10.9. The smallest absolute Gasteiger partial charge is 0.345 e. The Balaban J connectivity index is 2.30. The highest BCUT2D eigenvalue weighted by Crippen LogP contribution is 2.21. The van der Waals surface area contributed by atoms with Crippen LogP contribution in [-0.4, -0.2) is 11.9 Å². The first-order chi connectivity index (χ1) is 10.0. The highest BCUT2D eigenvalue weighted by Gasteiger charge is 2.26. The van der Waals surface area contributed by atoms with Gasteiger partial charge in [-0.2, -0.15) is 0 Å². The summed E-state index contributed by atoms with van der Waals surface area (Å²) in [7, 11) is 0. The summed E-state index contributed by atoms with van der Waals surface area (Å²) < 4.78 is 31.8. The van der Waals surface area contributed by atoms with Crippen LogP contribution in [-0.2, 0) is 9.53 Å². The quantitative estimate of drug-likeness (QED) is 0.879. The van der Waals surface area contributed by atoms with E-state index in [4.69, 9.17) is 10.5 Å². The molecule has 0 aromatic heterocycles. The number of esters is 1. The van der Waals surface area contributed by atoms with Crippen molar-refractivity contribution in [2.24, 2.45) is 5.73 Å². The molecule has 0 bridgehead atoms. The third kappa shape index (κ3) is 3.22. The van der Waals surface area contributed by atoms with Crippen molar-refractivity contribution in [1.82, 2.24) is 0 Å². The molecule has 2 N–H and O–H groups in total. The standard InChI is InChI=1S/C15H11F2NO3/c16-10-7-4-8-11(17)12(10)15(20)21-13(14(18)19)9-5-2-1-3-6-9/h1-8,13H,(H2,18,19). The maximum Gasteiger partial charge on any atom is 0.345 e. The van der Waals surface area contributed by atoms with Crippen LogP contribution < -0.4 is 5.73 Å². The molecular formula is C15H11F2NO3. The van der Waals surface area contributed by atoms with Crippen LogP contribution in [0.2, 0.25) is 0 Å². The molecule has 4 nitrogen and oxygen atoms in total. The third-order valence-corrected chi connectivity index (χ3v) is 2.75. The number of benzene rings is 2. The van der Waals surface area contributed by atoms with Gasteiger partial charge >= 0.3 is 5.97 Å². The number of nitrogens with two attached hydrogens (primary N) is 1. The Morgan fingerprint density at radius 2 is 1.52 bits per heavy atom. The lowest BCUT2D eigenvalue weighted by Crippen LogP contribution is -2.26. The summed E-state index contributed by atoms with van der Waals surface area (Å²) in [4.78, 5) is 23.3. The average Bonchev–Trinajstić information content (AvgIpc) is 2.45. The molecule has 0 heterocycles. The predicted octanol–water partition coefficient (Wildman–Crippen LogP) is 2.35. The van der Waals surface area contributed by atoms with E-state index in [1.165, 1.54) is 12.1 Å². The van der Waals surface area contributed by atoms with E-state index < -0.39 is 35.2 Å².